The molecule has 134 valence electrons. The smallest absolute Gasteiger partial charge is 0.387 e. The van der Waals surface area contributed by atoms with Crippen LogP contribution in [0.1, 0.15) is 5.56 Å². The van der Waals surface area contributed by atoms with Gasteiger partial charge in [-0.1, -0.05) is 39.7 Å². The highest BCUT2D eigenvalue weighted by Gasteiger charge is 2.06. The number of halogens is 4. The van der Waals surface area contributed by atoms with E-state index in [1.165, 1.54) is 12.1 Å². The summed E-state index contributed by atoms with van der Waals surface area (Å²) in [6.07, 6.45) is 0.583. The lowest BCUT2D eigenvalue weighted by molar-refractivity contribution is -0.119. The van der Waals surface area contributed by atoms with E-state index in [1.807, 2.05) is 6.07 Å². The fourth-order valence-electron chi connectivity index (χ4n) is 2.05. The second-order valence-corrected chi connectivity index (χ2v) is 6.42. The number of amides is 1. The molecule has 1 amide bonds. The lowest BCUT2D eigenvalue weighted by Gasteiger charge is -2.10. The number of nitrogens with one attached hydrogen (secondary N) is 2. The lowest BCUT2D eigenvalue weighted by atomic mass is 10.1. The van der Waals surface area contributed by atoms with Crippen molar-refractivity contribution in [3.05, 3.63) is 57.5 Å². The van der Waals surface area contributed by atoms with Crippen molar-refractivity contribution < 1.29 is 18.3 Å². The predicted molar refractivity (Wildman–Crippen MR) is 97.4 cm³/mol. The van der Waals surface area contributed by atoms with Crippen LogP contribution in [0.2, 0.25) is 5.02 Å². The van der Waals surface area contributed by atoms with Crippen molar-refractivity contribution >= 4 is 39.1 Å². The summed E-state index contributed by atoms with van der Waals surface area (Å²) < 4.78 is 29.3. The van der Waals surface area contributed by atoms with E-state index in [2.05, 4.69) is 31.3 Å². The lowest BCUT2D eigenvalue weighted by Crippen LogP contribution is -2.31. The molecule has 0 spiro atoms. The molecule has 0 saturated carbocycles. The number of carbonyl (C=O) groups is 1. The summed E-state index contributed by atoms with van der Waals surface area (Å²) in [7, 11) is 0. The molecule has 8 heteroatoms. The summed E-state index contributed by atoms with van der Waals surface area (Å²) in [6.45, 7) is -2.30. The van der Waals surface area contributed by atoms with Gasteiger partial charge in [0.15, 0.2) is 0 Å². The van der Waals surface area contributed by atoms with Crippen LogP contribution in [-0.2, 0) is 11.2 Å². The largest absolute Gasteiger partial charge is 0.435 e. The normalized spacial score (nSPS) is 10.6. The molecule has 0 heterocycles. The van der Waals surface area contributed by atoms with Crippen molar-refractivity contribution in [2.75, 3.05) is 18.4 Å². The zero-order chi connectivity index (χ0) is 18.2. The fraction of sp³-hybridized carbons (Fsp3) is 0.235. The number of hydrogen-bond donors (Lipinski definition) is 2. The molecule has 0 aliphatic rings. The minimum absolute atomic E-state index is 0.0997. The van der Waals surface area contributed by atoms with E-state index in [4.69, 9.17) is 11.6 Å². The fourth-order valence-corrected chi connectivity index (χ4v) is 2.79. The summed E-state index contributed by atoms with van der Waals surface area (Å²) in [5, 5.41) is 6.26. The van der Waals surface area contributed by atoms with Crippen LogP contribution in [0.3, 0.4) is 0 Å². The van der Waals surface area contributed by atoms with E-state index in [9.17, 15) is 13.6 Å². The Balaban J connectivity index is 1.71. The maximum absolute atomic E-state index is 12.1. The van der Waals surface area contributed by atoms with Gasteiger partial charge in [0.05, 0.1) is 17.3 Å². The Morgan fingerprint density at radius 1 is 1.20 bits per heavy atom. The average Bonchev–Trinajstić information content (AvgIpc) is 2.55. The van der Waals surface area contributed by atoms with Crippen LogP contribution in [0, 0.1) is 0 Å². The molecular formula is C17H16BrClF2N2O2. The quantitative estimate of drug-likeness (QED) is 0.646. The molecule has 4 nitrogen and oxygen atoms in total. The molecule has 0 fully saturated rings. The van der Waals surface area contributed by atoms with Gasteiger partial charge in [0, 0.05) is 11.0 Å². The Bertz CT molecular complexity index is 714. The number of hydrogen-bond acceptors (Lipinski definition) is 3. The highest BCUT2D eigenvalue weighted by Crippen LogP contribution is 2.25. The van der Waals surface area contributed by atoms with Crippen molar-refractivity contribution in [2.24, 2.45) is 0 Å². The van der Waals surface area contributed by atoms with Gasteiger partial charge in [-0.05, 0) is 42.3 Å². The number of alkyl halides is 2. The highest BCUT2D eigenvalue weighted by molar-refractivity contribution is 9.10. The van der Waals surface area contributed by atoms with Gasteiger partial charge in [0.25, 0.3) is 0 Å². The van der Waals surface area contributed by atoms with E-state index < -0.39 is 6.61 Å². The van der Waals surface area contributed by atoms with Crippen molar-refractivity contribution in [3.63, 3.8) is 0 Å². The van der Waals surface area contributed by atoms with E-state index in [-0.39, 0.29) is 18.2 Å². The number of benzene rings is 2. The summed E-state index contributed by atoms with van der Waals surface area (Å²) in [5.74, 6) is -0.0602. The van der Waals surface area contributed by atoms with E-state index in [0.29, 0.717) is 23.7 Å². The molecule has 0 saturated heterocycles. The van der Waals surface area contributed by atoms with Crippen LogP contribution in [-0.4, -0.2) is 25.6 Å². The molecule has 0 bridgehead atoms. The molecule has 0 atom stereocenters. The zero-order valence-corrected chi connectivity index (χ0v) is 15.4. The summed E-state index contributed by atoms with van der Waals surface area (Å²) in [6, 6.07) is 11.7. The molecule has 2 N–H and O–H groups in total. The first-order valence-electron chi connectivity index (χ1n) is 7.43. The third kappa shape index (κ3) is 6.88. The number of anilines is 1. The van der Waals surface area contributed by atoms with E-state index in [0.717, 1.165) is 10.0 Å². The Morgan fingerprint density at radius 2 is 1.92 bits per heavy atom. The van der Waals surface area contributed by atoms with Crippen LogP contribution < -0.4 is 15.4 Å². The van der Waals surface area contributed by atoms with Crippen LogP contribution in [0.4, 0.5) is 14.5 Å². The van der Waals surface area contributed by atoms with Crippen molar-refractivity contribution in [2.45, 2.75) is 13.0 Å². The first-order valence-corrected chi connectivity index (χ1v) is 8.60. The molecule has 2 aromatic carbocycles. The zero-order valence-electron chi connectivity index (χ0n) is 13.1. The van der Waals surface area contributed by atoms with Crippen LogP contribution in [0.15, 0.2) is 46.9 Å². The first-order chi connectivity index (χ1) is 11.9. The Kier molecular flexibility index (Phi) is 7.46. The Hall–Kier alpha value is -1.86. The van der Waals surface area contributed by atoms with Crippen molar-refractivity contribution in [3.8, 4) is 5.75 Å². The summed E-state index contributed by atoms with van der Waals surface area (Å²) in [5.41, 5.74) is 1.58. The number of ether oxygens (including phenoxy) is 1. The van der Waals surface area contributed by atoms with Gasteiger partial charge in [0.2, 0.25) is 5.91 Å². The Morgan fingerprint density at radius 3 is 2.56 bits per heavy atom. The molecule has 0 radical (unpaired) electrons. The third-order valence-electron chi connectivity index (χ3n) is 3.25. The molecule has 2 aromatic rings. The van der Waals surface area contributed by atoms with E-state index in [1.54, 1.807) is 24.3 Å². The minimum Gasteiger partial charge on any atom is -0.435 e. The molecule has 25 heavy (non-hydrogen) atoms. The van der Waals surface area contributed by atoms with Crippen molar-refractivity contribution in [1.29, 1.82) is 0 Å². The monoisotopic (exact) mass is 432 g/mol. The molecule has 0 aliphatic heterocycles. The van der Waals surface area contributed by atoms with E-state index >= 15 is 0 Å². The topological polar surface area (TPSA) is 50.4 Å². The van der Waals surface area contributed by atoms with Gasteiger partial charge in [0.1, 0.15) is 5.75 Å². The van der Waals surface area contributed by atoms with Crippen LogP contribution >= 0.6 is 27.5 Å². The number of carbonyl (C=O) groups excluding carboxylic acids is 1. The van der Waals surface area contributed by atoms with Crippen LogP contribution in [0.25, 0.3) is 0 Å². The second-order valence-electron chi connectivity index (χ2n) is 5.10. The summed E-state index contributed by atoms with van der Waals surface area (Å²) >= 11 is 9.37. The molecular weight excluding hydrogens is 418 g/mol. The van der Waals surface area contributed by atoms with Gasteiger partial charge in [-0.25, -0.2) is 0 Å². The molecule has 0 unspecified atom stereocenters. The van der Waals surface area contributed by atoms with Gasteiger partial charge < -0.3 is 15.4 Å². The Labute approximate surface area is 157 Å². The molecule has 0 aromatic heterocycles. The average molecular weight is 434 g/mol. The minimum atomic E-state index is -2.84. The number of rotatable bonds is 8. The molecule has 2 rings (SSSR count). The highest BCUT2D eigenvalue weighted by atomic mass is 79.9. The standard InChI is InChI=1S/C17H16BrClF2N2O2/c18-12-3-6-15(14(19)9-12)23-10-16(24)22-8-7-11-1-4-13(5-2-11)25-17(20)21/h1-6,9,17,23H,7-8,10H2,(H,22,24). The third-order valence-corrected chi connectivity index (χ3v) is 4.06. The SMILES string of the molecule is O=C(CNc1ccc(Br)cc1Cl)NCCc1ccc(OC(F)F)cc1. The summed E-state index contributed by atoms with van der Waals surface area (Å²) in [4.78, 5) is 11.8. The predicted octanol–water partition coefficient (Wildman–Crippen LogP) is 4.47. The maximum atomic E-state index is 12.1. The maximum Gasteiger partial charge on any atom is 0.387 e. The first kappa shape index (κ1) is 19.5. The van der Waals surface area contributed by atoms with Gasteiger partial charge in [-0.2, -0.15) is 8.78 Å². The molecule has 0 aliphatic carbocycles. The second kappa shape index (κ2) is 9.58. The van der Waals surface area contributed by atoms with Gasteiger partial charge in [-0.3, -0.25) is 4.79 Å². The van der Waals surface area contributed by atoms with Gasteiger partial charge in [-0.15, -0.1) is 0 Å². The van der Waals surface area contributed by atoms with Gasteiger partial charge >= 0.3 is 6.61 Å². The van der Waals surface area contributed by atoms with Crippen molar-refractivity contribution in [1.82, 2.24) is 5.32 Å². The van der Waals surface area contributed by atoms with Crippen LogP contribution in [0.5, 0.6) is 5.75 Å².